The van der Waals surface area contributed by atoms with E-state index in [9.17, 15) is 9.90 Å². The molecule has 0 heterocycles. The van der Waals surface area contributed by atoms with Crippen LogP contribution in [0.15, 0.2) is 24.3 Å². The van der Waals surface area contributed by atoms with Crippen molar-refractivity contribution in [3.05, 3.63) is 29.8 Å². The van der Waals surface area contributed by atoms with Crippen molar-refractivity contribution < 1.29 is 9.90 Å². The highest BCUT2D eigenvalue weighted by atomic mass is 16.3. The lowest BCUT2D eigenvalue weighted by Gasteiger charge is -2.18. The van der Waals surface area contributed by atoms with E-state index in [1.165, 1.54) is 12.5 Å². The van der Waals surface area contributed by atoms with Crippen LogP contribution in [-0.2, 0) is 0 Å². The molecule has 2 rings (SSSR count). The van der Waals surface area contributed by atoms with Crippen LogP contribution in [0.5, 0.6) is 5.75 Å². The van der Waals surface area contributed by atoms with Gasteiger partial charge >= 0.3 is 0 Å². The fourth-order valence-corrected chi connectivity index (χ4v) is 2.68. The number of carbonyl (C=O) groups excluding carboxylic acids is 1. The fourth-order valence-electron chi connectivity index (χ4n) is 2.68. The topological polar surface area (TPSA) is 75.3 Å². The number of nitrogens with two attached hydrogens (primary N) is 1. The highest BCUT2D eigenvalue weighted by molar-refractivity contribution is 5.96. The zero-order valence-electron chi connectivity index (χ0n) is 10.4. The molecule has 1 aliphatic rings. The highest BCUT2D eigenvalue weighted by Crippen LogP contribution is 2.30. The molecule has 4 N–H and O–H groups in total. The van der Waals surface area contributed by atoms with E-state index >= 15 is 0 Å². The van der Waals surface area contributed by atoms with Gasteiger partial charge in [-0.3, -0.25) is 4.79 Å². The molecule has 0 aliphatic heterocycles. The number of aromatic hydroxyl groups is 1. The van der Waals surface area contributed by atoms with Gasteiger partial charge in [0.05, 0.1) is 5.56 Å². The molecule has 98 valence electrons. The summed E-state index contributed by atoms with van der Waals surface area (Å²) in [7, 11) is 0. The van der Waals surface area contributed by atoms with Crippen LogP contribution in [-0.4, -0.2) is 24.1 Å². The monoisotopic (exact) mass is 248 g/mol. The lowest BCUT2D eigenvalue weighted by Crippen LogP contribution is -2.32. The molecule has 0 radical (unpaired) electrons. The highest BCUT2D eigenvalue weighted by Gasteiger charge is 2.26. The maximum absolute atomic E-state index is 11.9. The average Bonchev–Trinajstić information content (AvgIpc) is 2.84. The number of hydrogen-bond acceptors (Lipinski definition) is 3. The summed E-state index contributed by atoms with van der Waals surface area (Å²) in [5.74, 6) is 0.812. The Kier molecular flexibility index (Phi) is 4.20. The van der Waals surface area contributed by atoms with Crippen LogP contribution >= 0.6 is 0 Å². The van der Waals surface area contributed by atoms with Crippen molar-refractivity contribution in [2.75, 3.05) is 13.1 Å². The van der Waals surface area contributed by atoms with Crippen LogP contribution < -0.4 is 11.1 Å². The summed E-state index contributed by atoms with van der Waals surface area (Å²) < 4.78 is 0. The second-order valence-electron chi connectivity index (χ2n) is 4.91. The van der Waals surface area contributed by atoms with Gasteiger partial charge in [-0.1, -0.05) is 18.6 Å². The number of phenolic OH excluding ortho intramolecular Hbond substituents is 1. The molecule has 4 heteroatoms. The minimum absolute atomic E-state index is 0.0248. The summed E-state index contributed by atoms with van der Waals surface area (Å²) in [6.07, 6.45) is 3.48. The molecule has 2 unspecified atom stereocenters. The molecule has 0 bridgehead atoms. The number of nitrogens with one attached hydrogen (secondary N) is 1. The molecule has 1 aromatic rings. The first kappa shape index (κ1) is 12.9. The molecule has 1 amide bonds. The molecule has 1 aromatic carbocycles. The second kappa shape index (κ2) is 5.87. The van der Waals surface area contributed by atoms with E-state index in [2.05, 4.69) is 5.32 Å². The average molecular weight is 248 g/mol. The van der Waals surface area contributed by atoms with Crippen molar-refractivity contribution in [1.29, 1.82) is 0 Å². The van der Waals surface area contributed by atoms with Crippen LogP contribution in [0, 0.1) is 11.8 Å². The van der Waals surface area contributed by atoms with Crippen LogP contribution in [0.1, 0.15) is 29.6 Å². The maximum atomic E-state index is 11.9. The summed E-state index contributed by atoms with van der Waals surface area (Å²) >= 11 is 0. The summed E-state index contributed by atoms with van der Waals surface area (Å²) in [6.45, 7) is 1.34. The Morgan fingerprint density at radius 1 is 1.33 bits per heavy atom. The quantitative estimate of drug-likeness (QED) is 0.755. The van der Waals surface area contributed by atoms with Gasteiger partial charge in [-0.25, -0.2) is 0 Å². The Bertz CT molecular complexity index is 420. The number of amides is 1. The number of para-hydroxylation sites is 1. The number of carbonyl (C=O) groups is 1. The SMILES string of the molecule is NCC1CCCC1CNC(=O)c1ccccc1O. The normalized spacial score (nSPS) is 22.9. The summed E-state index contributed by atoms with van der Waals surface area (Å²) in [6, 6.07) is 6.59. The molecule has 1 saturated carbocycles. The van der Waals surface area contributed by atoms with Gasteiger partial charge in [0.1, 0.15) is 5.75 Å². The van der Waals surface area contributed by atoms with Gasteiger partial charge in [0.15, 0.2) is 0 Å². The molecule has 1 fully saturated rings. The van der Waals surface area contributed by atoms with Gasteiger partial charge < -0.3 is 16.2 Å². The predicted molar refractivity (Wildman–Crippen MR) is 70.3 cm³/mol. The van der Waals surface area contributed by atoms with Crippen LogP contribution in [0.3, 0.4) is 0 Å². The third-order valence-corrected chi connectivity index (χ3v) is 3.79. The number of benzene rings is 1. The van der Waals surface area contributed by atoms with E-state index in [4.69, 9.17) is 5.73 Å². The zero-order valence-corrected chi connectivity index (χ0v) is 10.4. The minimum atomic E-state index is -0.212. The van der Waals surface area contributed by atoms with Gasteiger partial charge in [-0.05, 0) is 43.4 Å². The van der Waals surface area contributed by atoms with E-state index in [-0.39, 0.29) is 11.7 Å². The first-order chi connectivity index (χ1) is 8.72. The molecular formula is C14H20N2O2. The Hall–Kier alpha value is -1.55. The smallest absolute Gasteiger partial charge is 0.255 e. The van der Waals surface area contributed by atoms with Crippen molar-refractivity contribution >= 4 is 5.91 Å². The molecule has 4 nitrogen and oxygen atoms in total. The molecule has 1 aliphatic carbocycles. The zero-order chi connectivity index (χ0) is 13.0. The first-order valence-corrected chi connectivity index (χ1v) is 6.48. The van der Waals surface area contributed by atoms with Crippen molar-refractivity contribution in [3.63, 3.8) is 0 Å². The van der Waals surface area contributed by atoms with E-state index in [1.807, 2.05) is 0 Å². The Labute approximate surface area is 107 Å². The molecule has 0 saturated heterocycles. The largest absolute Gasteiger partial charge is 0.507 e. The Morgan fingerprint density at radius 2 is 2.06 bits per heavy atom. The lowest BCUT2D eigenvalue weighted by molar-refractivity contribution is 0.0941. The van der Waals surface area contributed by atoms with Gasteiger partial charge in [0, 0.05) is 6.54 Å². The molecule has 0 spiro atoms. The standard InChI is InChI=1S/C14H20N2O2/c15-8-10-4-3-5-11(10)9-16-14(18)12-6-1-2-7-13(12)17/h1-2,6-7,10-11,17H,3-5,8-9,15H2,(H,16,18). The van der Waals surface area contributed by atoms with E-state index < -0.39 is 0 Å². The van der Waals surface area contributed by atoms with Crippen LogP contribution in [0.25, 0.3) is 0 Å². The van der Waals surface area contributed by atoms with Crippen LogP contribution in [0.2, 0.25) is 0 Å². The number of hydrogen-bond donors (Lipinski definition) is 3. The van der Waals surface area contributed by atoms with Crippen molar-refractivity contribution in [1.82, 2.24) is 5.32 Å². The minimum Gasteiger partial charge on any atom is -0.507 e. The third-order valence-electron chi connectivity index (χ3n) is 3.79. The van der Waals surface area contributed by atoms with Crippen molar-refractivity contribution in [2.45, 2.75) is 19.3 Å². The molecule has 2 atom stereocenters. The maximum Gasteiger partial charge on any atom is 0.255 e. The fraction of sp³-hybridized carbons (Fsp3) is 0.500. The van der Waals surface area contributed by atoms with Gasteiger partial charge in [-0.2, -0.15) is 0 Å². The van der Waals surface area contributed by atoms with Crippen molar-refractivity contribution in [3.8, 4) is 5.75 Å². The van der Waals surface area contributed by atoms with Gasteiger partial charge in [0.25, 0.3) is 5.91 Å². The third kappa shape index (κ3) is 2.82. The summed E-state index contributed by atoms with van der Waals surface area (Å²) in [5.41, 5.74) is 6.05. The molecule has 0 aromatic heterocycles. The first-order valence-electron chi connectivity index (χ1n) is 6.48. The van der Waals surface area contributed by atoms with Crippen molar-refractivity contribution in [2.24, 2.45) is 17.6 Å². The Balaban J connectivity index is 1.91. The van der Waals surface area contributed by atoms with E-state index in [0.717, 1.165) is 12.8 Å². The molecule has 18 heavy (non-hydrogen) atoms. The molecular weight excluding hydrogens is 228 g/mol. The predicted octanol–water partition coefficient (Wildman–Crippen LogP) is 1.50. The number of rotatable bonds is 4. The lowest BCUT2D eigenvalue weighted by atomic mass is 9.96. The van der Waals surface area contributed by atoms with E-state index in [0.29, 0.717) is 30.5 Å². The Morgan fingerprint density at radius 3 is 2.78 bits per heavy atom. The van der Waals surface area contributed by atoms with Crippen LogP contribution in [0.4, 0.5) is 0 Å². The second-order valence-corrected chi connectivity index (χ2v) is 4.91. The summed E-state index contributed by atoms with van der Waals surface area (Å²) in [4.78, 5) is 11.9. The number of phenols is 1. The van der Waals surface area contributed by atoms with E-state index in [1.54, 1.807) is 18.2 Å². The van der Waals surface area contributed by atoms with Gasteiger partial charge in [0.2, 0.25) is 0 Å². The van der Waals surface area contributed by atoms with Gasteiger partial charge in [-0.15, -0.1) is 0 Å². The summed E-state index contributed by atoms with van der Waals surface area (Å²) in [5, 5.41) is 12.5.